The molecule has 1 aliphatic rings. The van der Waals surface area contributed by atoms with E-state index >= 15 is 0 Å². The third kappa shape index (κ3) is 5.48. The van der Waals surface area contributed by atoms with E-state index in [2.05, 4.69) is 5.32 Å². The van der Waals surface area contributed by atoms with Gasteiger partial charge in [-0.15, -0.1) is 0 Å². The lowest BCUT2D eigenvalue weighted by molar-refractivity contribution is -0.121. The Balaban J connectivity index is 2.17. The number of nitrogens with zero attached hydrogens (tertiary/aromatic N) is 1. The van der Waals surface area contributed by atoms with E-state index in [1.165, 1.54) is 16.4 Å². The highest BCUT2D eigenvalue weighted by atomic mass is 35.5. The first-order chi connectivity index (χ1) is 10.8. The fourth-order valence-electron chi connectivity index (χ4n) is 2.12. The molecule has 1 fully saturated rings. The van der Waals surface area contributed by atoms with Crippen LogP contribution in [0, 0.1) is 5.92 Å². The summed E-state index contributed by atoms with van der Waals surface area (Å²) < 4.78 is 26.9. The Bertz CT molecular complexity index is 657. The van der Waals surface area contributed by atoms with Crippen LogP contribution in [0.5, 0.6) is 0 Å². The first kappa shape index (κ1) is 18.2. The highest BCUT2D eigenvalue weighted by molar-refractivity contribution is 7.89. The van der Waals surface area contributed by atoms with Crippen LogP contribution in [0.4, 0.5) is 0 Å². The van der Waals surface area contributed by atoms with Crippen molar-refractivity contribution in [3.05, 3.63) is 29.3 Å². The van der Waals surface area contributed by atoms with Gasteiger partial charge < -0.3 is 5.32 Å². The van der Waals surface area contributed by atoms with Crippen molar-refractivity contribution in [1.29, 1.82) is 0 Å². The molecule has 0 aliphatic heterocycles. The lowest BCUT2D eigenvalue weighted by atomic mass is 10.1. The quantitative estimate of drug-likeness (QED) is 0.776. The Morgan fingerprint density at radius 3 is 2.65 bits per heavy atom. The van der Waals surface area contributed by atoms with Gasteiger partial charge in [0.1, 0.15) is 0 Å². The molecule has 2 rings (SSSR count). The average molecular weight is 359 g/mol. The Morgan fingerprint density at radius 1 is 1.39 bits per heavy atom. The maximum absolute atomic E-state index is 12.8. The van der Waals surface area contributed by atoms with Crippen molar-refractivity contribution in [1.82, 2.24) is 9.62 Å². The first-order valence-electron chi connectivity index (χ1n) is 7.84. The van der Waals surface area contributed by atoms with Crippen LogP contribution >= 0.6 is 11.6 Å². The third-order valence-corrected chi connectivity index (χ3v) is 5.73. The maximum atomic E-state index is 12.8. The van der Waals surface area contributed by atoms with Gasteiger partial charge in [0.05, 0.1) is 11.4 Å². The van der Waals surface area contributed by atoms with Gasteiger partial charge in [-0.2, -0.15) is 4.31 Å². The molecule has 1 amide bonds. The van der Waals surface area contributed by atoms with Crippen LogP contribution in [-0.2, 0) is 14.8 Å². The number of rotatable bonds is 8. The van der Waals surface area contributed by atoms with Crippen molar-refractivity contribution >= 4 is 27.5 Å². The standard InChI is InChI=1S/C16H23ClN2O3S/c1-12(2)8-9-19(11-16(20)18-14-6-7-14)23(21,22)15-5-3-4-13(17)10-15/h3-5,10,12,14H,6-9,11H2,1-2H3,(H,18,20). The number of benzene rings is 1. The van der Waals surface area contributed by atoms with Crippen molar-refractivity contribution in [2.24, 2.45) is 5.92 Å². The smallest absolute Gasteiger partial charge is 0.243 e. The van der Waals surface area contributed by atoms with Gasteiger partial charge in [-0.25, -0.2) is 8.42 Å². The lowest BCUT2D eigenvalue weighted by Crippen LogP contribution is -2.42. The van der Waals surface area contributed by atoms with Crippen LogP contribution in [0.2, 0.25) is 5.02 Å². The van der Waals surface area contributed by atoms with E-state index in [4.69, 9.17) is 11.6 Å². The monoisotopic (exact) mass is 358 g/mol. The van der Waals surface area contributed by atoms with Crippen LogP contribution in [0.1, 0.15) is 33.1 Å². The fourth-order valence-corrected chi connectivity index (χ4v) is 3.84. The highest BCUT2D eigenvalue weighted by Gasteiger charge is 2.29. The summed E-state index contributed by atoms with van der Waals surface area (Å²) in [6.45, 7) is 4.20. The molecule has 1 aromatic carbocycles. The molecule has 0 heterocycles. The van der Waals surface area contributed by atoms with E-state index in [1.807, 2.05) is 13.8 Å². The summed E-state index contributed by atoms with van der Waals surface area (Å²) in [5, 5.41) is 3.19. The van der Waals surface area contributed by atoms with Gasteiger partial charge in [0.15, 0.2) is 0 Å². The van der Waals surface area contributed by atoms with Gasteiger partial charge in [-0.1, -0.05) is 31.5 Å². The summed E-state index contributed by atoms with van der Waals surface area (Å²) >= 11 is 5.90. The minimum atomic E-state index is -3.74. The topological polar surface area (TPSA) is 66.5 Å². The number of hydrogen-bond donors (Lipinski definition) is 1. The van der Waals surface area contributed by atoms with E-state index in [9.17, 15) is 13.2 Å². The minimum Gasteiger partial charge on any atom is -0.352 e. The predicted octanol–water partition coefficient (Wildman–Crippen LogP) is 2.66. The second-order valence-electron chi connectivity index (χ2n) is 6.32. The molecule has 0 atom stereocenters. The van der Waals surface area contributed by atoms with Crippen LogP contribution in [-0.4, -0.2) is 37.8 Å². The number of carbonyl (C=O) groups is 1. The van der Waals surface area contributed by atoms with E-state index in [0.29, 0.717) is 23.9 Å². The molecule has 0 aromatic heterocycles. The zero-order valence-corrected chi connectivity index (χ0v) is 15.0. The molecule has 128 valence electrons. The second-order valence-corrected chi connectivity index (χ2v) is 8.69. The van der Waals surface area contributed by atoms with Crippen LogP contribution < -0.4 is 5.32 Å². The third-order valence-electron chi connectivity index (χ3n) is 3.65. The number of sulfonamides is 1. The highest BCUT2D eigenvalue weighted by Crippen LogP contribution is 2.21. The largest absolute Gasteiger partial charge is 0.352 e. The van der Waals surface area contributed by atoms with E-state index < -0.39 is 10.0 Å². The molecule has 7 heteroatoms. The SMILES string of the molecule is CC(C)CCN(CC(=O)NC1CC1)S(=O)(=O)c1cccc(Cl)c1. The van der Waals surface area contributed by atoms with Crippen molar-refractivity contribution in [2.45, 2.75) is 44.0 Å². The zero-order valence-electron chi connectivity index (χ0n) is 13.5. The van der Waals surface area contributed by atoms with Gasteiger partial charge in [0, 0.05) is 17.6 Å². The summed E-state index contributed by atoms with van der Waals surface area (Å²) in [4.78, 5) is 12.2. The first-order valence-corrected chi connectivity index (χ1v) is 9.66. The normalized spacial score (nSPS) is 15.2. The number of amides is 1. The Hall–Kier alpha value is -1.11. The molecule has 0 radical (unpaired) electrons. The average Bonchev–Trinajstić information content (AvgIpc) is 3.27. The second kappa shape index (κ2) is 7.64. The molecular weight excluding hydrogens is 336 g/mol. The number of halogens is 1. The zero-order chi connectivity index (χ0) is 17.0. The Morgan fingerprint density at radius 2 is 2.09 bits per heavy atom. The summed E-state index contributed by atoms with van der Waals surface area (Å²) in [7, 11) is -3.74. The van der Waals surface area contributed by atoms with Crippen molar-refractivity contribution in [2.75, 3.05) is 13.1 Å². The molecule has 1 saturated carbocycles. The Kier molecular flexibility index (Phi) is 6.06. The van der Waals surface area contributed by atoms with Crippen LogP contribution in [0.15, 0.2) is 29.2 Å². The number of carbonyl (C=O) groups excluding carboxylic acids is 1. The molecule has 0 spiro atoms. The number of hydrogen-bond acceptors (Lipinski definition) is 3. The van der Waals surface area contributed by atoms with Crippen molar-refractivity contribution < 1.29 is 13.2 Å². The van der Waals surface area contributed by atoms with Gasteiger partial charge in [0.2, 0.25) is 15.9 Å². The van der Waals surface area contributed by atoms with Gasteiger partial charge >= 0.3 is 0 Å². The van der Waals surface area contributed by atoms with Gasteiger partial charge in [-0.05, 0) is 43.4 Å². The summed E-state index contributed by atoms with van der Waals surface area (Å²) in [5.41, 5.74) is 0. The molecule has 1 aromatic rings. The van der Waals surface area contributed by atoms with Crippen molar-refractivity contribution in [3.63, 3.8) is 0 Å². The molecular formula is C16H23ClN2O3S. The molecule has 0 saturated heterocycles. The molecule has 0 bridgehead atoms. The van der Waals surface area contributed by atoms with E-state index in [0.717, 1.165) is 12.8 Å². The molecule has 23 heavy (non-hydrogen) atoms. The summed E-state index contributed by atoms with van der Waals surface area (Å²) in [6, 6.07) is 6.35. The minimum absolute atomic E-state index is 0.118. The fraction of sp³-hybridized carbons (Fsp3) is 0.562. The van der Waals surface area contributed by atoms with E-state index in [1.54, 1.807) is 12.1 Å². The van der Waals surface area contributed by atoms with Gasteiger partial charge in [-0.3, -0.25) is 4.79 Å². The van der Waals surface area contributed by atoms with E-state index in [-0.39, 0.29) is 23.4 Å². The molecule has 5 nitrogen and oxygen atoms in total. The van der Waals surface area contributed by atoms with Crippen LogP contribution in [0.25, 0.3) is 0 Å². The van der Waals surface area contributed by atoms with Crippen molar-refractivity contribution in [3.8, 4) is 0 Å². The Labute approximate surface area is 143 Å². The maximum Gasteiger partial charge on any atom is 0.243 e. The molecule has 1 N–H and O–H groups in total. The summed E-state index contributed by atoms with van der Waals surface area (Å²) in [5.74, 6) is 0.0976. The predicted molar refractivity (Wildman–Crippen MR) is 90.8 cm³/mol. The number of nitrogens with one attached hydrogen (secondary N) is 1. The molecule has 0 unspecified atom stereocenters. The molecule has 1 aliphatic carbocycles. The van der Waals surface area contributed by atoms with Gasteiger partial charge in [0.25, 0.3) is 0 Å². The lowest BCUT2D eigenvalue weighted by Gasteiger charge is -2.22. The summed E-state index contributed by atoms with van der Waals surface area (Å²) in [6.07, 6.45) is 2.63. The van der Waals surface area contributed by atoms with Crippen LogP contribution in [0.3, 0.4) is 0 Å².